The second kappa shape index (κ2) is 3.04. The van der Waals surface area contributed by atoms with Crippen LogP contribution in [0, 0.1) is 5.92 Å². The van der Waals surface area contributed by atoms with E-state index in [-0.39, 0.29) is 5.91 Å². The van der Waals surface area contributed by atoms with Crippen LogP contribution in [-0.2, 0) is 4.79 Å². The molecule has 1 saturated carbocycles. The molecule has 2 nitrogen and oxygen atoms in total. The maximum atomic E-state index is 10.6. The predicted octanol–water partition coefficient (Wildman–Crippen LogP) is 1.31. The van der Waals surface area contributed by atoms with E-state index in [1.54, 1.807) is 6.92 Å². The number of nitrogens with one attached hydrogen (secondary N) is 1. The molecular formula is C8H15NO. The Balaban J connectivity index is 2.19. The molecule has 1 aliphatic rings. The normalized spacial score (nSPS) is 21.4. The molecule has 1 fully saturated rings. The van der Waals surface area contributed by atoms with Crippen LogP contribution in [0.3, 0.4) is 0 Å². The molecule has 0 saturated heterocycles. The van der Waals surface area contributed by atoms with Crippen molar-refractivity contribution in [1.82, 2.24) is 5.32 Å². The number of rotatable bonds is 2. The standard InChI is InChI=1S/C8H15NO/c1-6(9-7(2)10)8-4-3-5-8/h6,8H,3-5H2,1-2H3,(H,9,10). The van der Waals surface area contributed by atoms with Gasteiger partial charge in [-0.15, -0.1) is 0 Å². The second-order valence-electron chi connectivity index (χ2n) is 3.18. The maximum Gasteiger partial charge on any atom is 0.217 e. The topological polar surface area (TPSA) is 29.1 Å². The van der Waals surface area contributed by atoms with Crippen LogP contribution < -0.4 is 5.32 Å². The first-order chi connectivity index (χ1) is 4.70. The molecule has 10 heavy (non-hydrogen) atoms. The van der Waals surface area contributed by atoms with Crippen LogP contribution in [-0.4, -0.2) is 11.9 Å². The Hall–Kier alpha value is -0.530. The Kier molecular flexibility index (Phi) is 2.30. The molecule has 1 unspecified atom stereocenters. The summed E-state index contributed by atoms with van der Waals surface area (Å²) in [4.78, 5) is 10.6. The lowest BCUT2D eigenvalue weighted by Crippen LogP contribution is -2.39. The van der Waals surface area contributed by atoms with E-state index < -0.39 is 0 Å². The monoisotopic (exact) mass is 141 g/mol. The third-order valence-electron chi connectivity index (χ3n) is 2.29. The van der Waals surface area contributed by atoms with E-state index in [0.717, 1.165) is 5.92 Å². The van der Waals surface area contributed by atoms with Crippen molar-refractivity contribution < 1.29 is 4.79 Å². The number of hydrogen-bond donors (Lipinski definition) is 1. The minimum Gasteiger partial charge on any atom is -0.354 e. The van der Waals surface area contributed by atoms with Gasteiger partial charge in [-0.3, -0.25) is 4.79 Å². The lowest BCUT2D eigenvalue weighted by molar-refractivity contribution is -0.120. The first-order valence-corrected chi connectivity index (χ1v) is 3.97. The molecule has 0 aromatic carbocycles. The Morgan fingerprint density at radius 2 is 2.20 bits per heavy atom. The van der Waals surface area contributed by atoms with Gasteiger partial charge in [-0.25, -0.2) is 0 Å². The quantitative estimate of drug-likeness (QED) is 0.617. The van der Waals surface area contributed by atoms with Crippen molar-refractivity contribution in [2.45, 2.75) is 39.2 Å². The van der Waals surface area contributed by atoms with Gasteiger partial charge in [-0.1, -0.05) is 6.42 Å². The molecule has 2 heteroatoms. The number of hydrogen-bond acceptors (Lipinski definition) is 1. The molecule has 0 aliphatic heterocycles. The van der Waals surface area contributed by atoms with Gasteiger partial charge in [0, 0.05) is 13.0 Å². The van der Waals surface area contributed by atoms with Crippen molar-refractivity contribution in [3.05, 3.63) is 0 Å². The van der Waals surface area contributed by atoms with Gasteiger partial charge in [0.25, 0.3) is 0 Å². The van der Waals surface area contributed by atoms with Gasteiger partial charge in [0.2, 0.25) is 5.91 Å². The summed E-state index contributed by atoms with van der Waals surface area (Å²) in [7, 11) is 0. The first kappa shape index (κ1) is 7.58. The van der Waals surface area contributed by atoms with Crippen molar-refractivity contribution in [3.63, 3.8) is 0 Å². The lowest BCUT2D eigenvalue weighted by Gasteiger charge is -2.31. The lowest BCUT2D eigenvalue weighted by atomic mass is 9.80. The van der Waals surface area contributed by atoms with E-state index in [4.69, 9.17) is 0 Å². The van der Waals surface area contributed by atoms with Crippen molar-refractivity contribution in [2.75, 3.05) is 0 Å². The van der Waals surface area contributed by atoms with Crippen LogP contribution in [0.4, 0.5) is 0 Å². The summed E-state index contributed by atoms with van der Waals surface area (Å²) in [5, 5.41) is 2.91. The van der Waals surface area contributed by atoms with Crippen LogP contribution in [0.15, 0.2) is 0 Å². The molecule has 58 valence electrons. The molecule has 1 aliphatic carbocycles. The smallest absolute Gasteiger partial charge is 0.217 e. The summed E-state index contributed by atoms with van der Waals surface area (Å²) in [5.74, 6) is 0.850. The summed E-state index contributed by atoms with van der Waals surface area (Å²) >= 11 is 0. The first-order valence-electron chi connectivity index (χ1n) is 3.97. The van der Waals surface area contributed by atoms with E-state index in [2.05, 4.69) is 12.2 Å². The average Bonchev–Trinajstić information content (AvgIpc) is 1.55. The van der Waals surface area contributed by atoms with Gasteiger partial charge in [0.15, 0.2) is 0 Å². The van der Waals surface area contributed by atoms with Crippen LogP contribution >= 0.6 is 0 Å². The molecule has 1 amide bonds. The molecular weight excluding hydrogens is 126 g/mol. The number of carbonyl (C=O) groups is 1. The Labute approximate surface area is 62.0 Å². The molecule has 0 aromatic rings. The minimum atomic E-state index is 0.0967. The predicted molar refractivity (Wildman–Crippen MR) is 40.6 cm³/mol. The minimum absolute atomic E-state index is 0.0967. The van der Waals surface area contributed by atoms with Crippen LogP contribution in [0.5, 0.6) is 0 Å². The van der Waals surface area contributed by atoms with Crippen molar-refractivity contribution in [2.24, 2.45) is 5.92 Å². The Bertz CT molecular complexity index is 129. The van der Waals surface area contributed by atoms with E-state index in [1.807, 2.05) is 0 Å². The van der Waals surface area contributed by atoms with Gasteiger partial charge in [0.1, 0.15) is 0 Å². The van der Waals surface area contributed by atoms with E-state index in [0.29, 0.717) is 6.04 Å². The highest BCUT2D eigenvalue weighted by atomic mass is 16.1. The van der Waals surface area contributed by atoms with Gasteiger partial charge >= 0.3 is 0 Å². The molecule has 0 radical (unpaired) electrons. The maximum absolute atomic E-state index is 10.6. The fraction of sp³-hybridized carbons (Fsp3) is 0.875. The molecule has 1 N–H and O–H groups in total. The summed E-state index contributed by atoms with van der Waals surface area (Å²) in [6.07, 6.45) is 3.93. The van der Waals surface area contributed by atoms with Gasteiger partial charge in [-0.2, -0.15) is 0 Å². The van der Waals surface area contributed by atoms with Gasteiger partial charge in [-0.05, 0) is 25.7 Å². The fourth-order valence-corrected chi connectivity index (χ4v) is 1.38. The zero-order chi connectivity index (χ0) is 7.56. The van der Waals surface area contributed by atoms with Crippen LogP contribution in [0.1, 0.15) is 33.1 Å². The average molecular weight is 141 g/mol. The molecule has 0 heterocycles. The van der Waals surface area contributed by atoms with Gasteiger partial charge in [0.05, 0.1) is 0 Å². The summed E-state index contributed by atoms with van der Waals surface area (Å²) in [6, 6.07) is 0.395. The summed E-state index contributed by atoms with van der Waals surface area (Å²) < 4.78 is 0. The van der Waals surface area contributed by atoms with Crippen molar-refractivity contribution >= 4 is 5.91 Å². The highest BCUT2D eigenvalue weighted by molar-refractivity contribution is 5.73. The molecule has 1 rings (SSSR count). The van der Waals surface area contributed by atoms with Crippen LogP contribution in [0.25, 0.3) is 0 Å². The van der Waals surface area contributed by atoms with Crippen molar-refractivity contribution in [1.29, 1.82) is 0 Å². The molecule has 0 aromatic heterocycles. The largest absolute Gasteiger partial charge is 0.354 e. The summed E-state index contributed by atoms with van der Waals surface area (Å²) in [5.41, 5.74) is 0. The highest BCUT2D eigenvalue weighted by Crippen LogP contribution is 2.29. The number of amides is 1. The third-order valence-corrected chi connectivity index (χ3v) is 2.29. The zero-order valence-corrected chi connectivity index (χ0v) is 6.68. The molecule has 1 atom stereocenters. The van der Waals surface area contributed by atoms with E-state index in [9.17, 15) is 4.79 Å². The Morgan fingerprint density at radius 1 is 1.60 bits per heavy atom. The number of carbonyl (C=O) groups excluding carboxylic acids is 1. The second-order valence-corrected chi connectivity index (χ2v) is 3.18. The van der Waals surface area contributed by atoms with Crippen molar-refractivity contribution in [3.8, 4) is 0 Å². The zero-order valence-electron chi connectivity index (χ0n) is 6.68. The molecule has 0 spiro atoms. The molecule has 0 bridgehead atoms. The van der Waals surface area contributed by atoms with Gasteiger partial charge < -0.3 is 5.32 Å². The fourth-order valence-electron chi connectivity index (χ4n) is 1.38. The Morgan fingerprint density at radius 3 is 2.50 bits per heavy atom. The SMILES string of the molecule is CC(=O)NC(C)C1CCC1. The third kappa shape index (κ3) is 1.72. The van der Waals surface area contributed by atoms with Crippen LogP contribution in [0.2, 0.25) is 0 Å². The summed E-state index contributed by atoms with van der Waals surface area (Å²) in [6.45, 7) is 3.67. The van der Waals surface area contributed by atoms with E-state index >= 15 is 0 Å². The van der Waals surface area contributed by atoms with E-state index in [1.165, 1.54) is 19.3 Å². The highest BCUT2D eigenvalue weighted by Gasteiger charge is 2.23.